The number of sulfonamides is 1. The topological polar surface area (TPSA) is 73.2 Å². The fourth-order valence-corrected chi connectivity index (χ4v) is 4.00. The molecule has 1 aliphatic heterocycles. The van der Waals surface area contributed by atoms with Crippen LogP contribution in [0.25, 0.3) is 0 Å². The third-order valence-corrected chi connectivity index (χ3v) is 5.28. The highest BCUT2D eigenvalue weighted by atomic mass is 35.5. The van der Waals surface area contributed by atoms with Crippen molar-refractivity contribution in [2.75, 3.05) is 19.6 Å². The molecule has 0 amide bonds. The van der Waals surface area contributed by atoms with Gasteiger partial charge in [0.1, 0.15) is 0 Å². The maximum atomic E-state index is 12.6. The molecule has 1 aromatic carbocycles. The van der Waals surface area contributed by atoms with E-state index < -0.39 is 10.0 Å². The van der Waals surface area contributed by atoms with Gasteiger partial charge in [-0.2, -0.15) is 9.57 Å². The fraction of sp³-hybridized carbons (Fsp3) is 0.462. The average molecular weight is 316 g/mol. The number of benzene rings is 1. The number of nitrogens with one attached hydrogen (secondary N) is 1. The van der Waals surface area contributed by atoms with Gasteiger partial charge in [-0.3, -0.25) is 0 Å². The summed E-state index contributed by atoms with van der Waals surface area (Å²) in [6.07, 6.45) is 0. The van der Waals surface area contributed by atoms with E-state index in [-0.39, 0.29) is 18.4 Å². The molecule has 1 heterocycles. The largest absolute Gasteiger partial charge is 0.312 e. The molecule has 2 rings (SSSR count). The Labute approximate surface area is 126 Å². The summed E-state index contributed by atoms with van der Waals surface area (Å²) in [5, 5.41) is 12.0. The molecule has 0 saturated carbocycles. The molecular formula is C13H18ClN3O2S. The molecule has 0 unspecified atom stereocenters. The number of piperazine rings is 1. The Bertz CT molecular complexity index is 625. The van der Waals surface area contributed by atoms with Crippen molar-refractivity contribution >= 4 is 22.4 Å². The van der Waals surface area contributed by atoms with Crippen LogP contribution in [0.15, 0.2) is 23.1 Å². The summed E-state index contributed by atoms with van der Waals surface area (Å²) in [4.78, 5) is 0.292. The van der Waals surface area contributed by atoms with Gasteiger partial charge >= 0.3 is 0 Å². The summed E-state index contributed by atoms with van der Waals surface area (Å²) in [6.45, 7) is 5.30. The molecule has 1 fully saturated rings. The van der Waals surface area contributed by atoms with Gasteiger partial charge in [0.15, 0.2) is 0 Å². The van der Waals surface area contributed by atoms with Crippen molar-refractivity contribution in [1.82, 2.24) is 9.62 Å². The van der Waals surface area contributed by atoms with E-state index in [1.165, 1.54) is 10.4 Å². The third-order valence-electron chi connectivity index (χ3n) is 3.25. The second kappa shape index (κ2) is 6.55. The number of nitriles is 1. The van der Waals surface area contributed by atoms with Crippen LogP contribution < -0.4 is 5.32 Å². The molecule has 1 aromatic rings. The zero-order valence-electron chi connectivity index (χ0n) is 11.5. The summed E-state index contributed by atoms with van der Waals surface area (Å²) in [5.74, 6) is 0. The Balaban J connectivity index is 0.00000200. The van der Waals surface area contributed by atoms with Gasteiger partial charge in [0.05, 0.1) is 16.5 Å². The minimum absolute atomic E-state index is 0. The molecule has 110 valence electrons. The van der Waals surface area contributed by atoms with E-state index >= 15 is 0 Å². The van der Waals surface area contributed by atoms with Crippen LogP contribution >= 0.6 is 12.4 Å². The first-order valence-electron chi connectivity index (χ1n) is 6.19. The first-order valence-corrected chi connectivity index (χ1v) is 7.63. The van der Waals surface area contributed by atoms with Crippen molar-refractivity contribution in [3.8, 4) is 6.07 Å². The van der Waals surface area contributed by atoms with Crippen LogP contribution in [0.5, 0.6) is 0 Å². The molecule has 7 heteroatoms. The Hall–Kier alpha value is -1.13. The van der Waals surface area contributed by atoms with E-state index in [0.29, 0.717) is 35.7 Å². The summed E-state index contributed by atoms with van der Waals surface area (Å²) < 4.78 is 26.6. The van der Waals surface area contributed by atoms with Gasteiger partial charge in [0.2, 0.25) is 10.0 Å². The van der Waals surface area contributed by atoms with Gasteiger partial charge in [-0.15, -0.1) is 12.4 Å². The Morgan fingerprint density at radius 2 is 2.15 bits per heavy atom. The Morgan fingerprint density at radius 1 is 1.45 bits per heavy atom. The van der Waals surface area contributed by atoms with Crippen molar-refractivity contribution in [3.63, 3.8) is 0 Å². The number of nitrogens with zero attached hydrogens (tertiary/aromatic N) is 2. The second-order valence-electron chi connectivity index (χ2n) is 4.81. The third kappa shape index (κ3) is 3.30. The number of hydrogen-bond donors (Lipinski definition) is 1. The lowest BCUT2D eigenvalue weighted by atomic mass is 10.2. The normalized spacial score (nSPS) is 19.9. The van der Waals surface area contributed by atoms with E-state index in [9.17, 15) is 8.42 Å². The number of rotatable bonds is 2. The zero-order chi connectivity index (χ0) is 14.0. The summed E-state index contributed by atoms with van der Waals surface area (Å²) in [6, 6.07) is 6.85. The van der Waals surface area contributed by atoms with Crippen LogP contribution in [0.3, 0.4) is 0 Å². The van der Waals surface area contributed by atoms with E-state index in [1.54, 1.807) is 19.1 Å². The van der Waals surface area contributed by atoms with Crippen LogP contribution in [0.4, 0.5) is 0 Å². The predicted octanol–water partition coefficient (Wildman–Crippen LogP) is 1.27. The summed E-state index contributed by atoms with van der Waals surface area (Å²) >= 11 is 0. The molecule has 1 saturated heterocycles. The minimum atomic E-state index is -3.47. The first-order chi connectivity index (χ1) is 8.95. The first kappa shape index (κ1) is 16.9. The van der Waals surface area contributed by atoms with Gasteiger partial charge in [-0.25, -0.2) is 8.42 Å². The minimum Gasteiger partial charge on any atom is -0.312 e. The highest BCUT2D eigenvalue weighted by Gasteiger charge is 2.29. The van der Waals surface area contributed by atoms with Crippen molar-refractivity contribution < 1.29 is 8.42 Å². The standard InChI is InChI=1S/C13H17N3O2S.ClH/c1-10-7-12(8-14)3-4-13(10)19(17,18)16-6-5-15-11(2)9-16;/h3-4,7,11,15H,5-6,9H2,1-2H3;1H/t11-;/m1./s1. The lowest BCUT2D eigenvalue weighted by Crippen LogP contribution is -2.51. The van der Waals surface area contributed by atoms with E-state index in [4.69, 9.17) is 5.26 Å². The summed E-state index contributed by atoms with van der Waals surface area (Å²) in [7, 11) is -3.47. The number of halogens is 1. The van der Waals surface area contributed by atoms with Crippen molar-refractivity contribution in [2.45, 2.75) is 24.8 Å². The molecule has 5 nitrogen and oxygen atoms in total. The maximum absolute atomic E-state index is 12.6. The Morgan fingerprint density at radius 3 is 2.70 bits per heavy atom. The SMILES string of the molecule is Cc1cc(C#N)ccc1S(=O)(=O)N1CCN[C@H](C)C1.Cl. The van der Waals surface area contributed by atoms with E-state index in [2.05, 4.69) is 5.32 Å². The predicted molar refractivity (Wildman–Crippen MR) is 79.4 cm³/mol. The van der Waals surface area contributed by atoms with Gasteiger partial charge in [0, 0.05) is 25.7 Å². The molecule has 0 aromatic heterocycles. The van der Waals surface area contributed by atoms with Gasteiger partial charge in [0.25, 0.3) is 0 Å². The van der Waals surface area contributed by atoms with Crippen LogP contribution in [0.2, 0.25) is 0 Å². The van der Waals surface area contributed by atoms with Crippen molar-refractivity contribution in [1.29, 1.82) is 5.26 Å². The number of aryl methyl sites for hydroxylation is 1. The van der Waals surface area contributed by atoms with E-state index in [0.717, 1.165) is 0 Å². The van der Waals surface area contributed by atoms with Gasteiger partial charge in [-0.05, 0) is 37.6 Å². The molecule has 0 aliphatic carbocycles. The Kier molecular flexibility index (Phi) is 5.54. The summed E-state index contributed by atoms with van der Waals surface area (Å²) in [5.41, 5.74) is 1.09. The average Bonchev–Trinajstić information content (AvgIpc) is 2.38. The molecule has 1 aliphatic rings. The van der Waals surface area contributed by atoms with Crippen LogP contribution in [-0.4, -0.2) is 38.4 Å². The van der Waals surface area contributed by atoms with Crippen LogP contribution in [0.1, 0.15) is 18.1 Å². The smallest absolute Gasteiger partial charge is 0.243 e. The van der Waals surface area contributed by atoms with Crippen molar-refractivity contribution in [3.05, 3.63) is 29.3 Å². The fourth-order valence-electron chi connectivity index (χ4n) is 2.26. The molecular weight excluding hydrogens is 298 g/mol. The van der Waals surface area contributed by atoms with Crippen molar-refractivity contribution in [2.24, 2.45) is 0 Å². The molecule has 1 atom stereocenters. The lowest BCUT2D eigenvalue weighted by molar-refractivity contribution is 0.310. The van der Waals surface area contributed by atoms with Gasteiger partial charge in [-0.1, -0.05) is 0 Å². The highest BCUT2D eigenvalue weighted by molar-refractivity contribution is 7.89. The molecule has 1 N–H and O–H groups in total. The molecule has 0 radical (unpaired) electrons. The van der Waals surface area contributed by atoms with Crippen LogP contribution in [0, 0.1) is 18.3 Å². The molecule has 20 heavy (non-hydrogen) atoms. The van der Waals surface area contributed by atoms with E-state index in [1.807, 2.05) is 13.0 Å². The van der Waals surface area contributed by atoms with Gasteiger partial charge < -0.3 is 5.32 Å². The maximum Gasteiger partial charge on any atom is 0.243 e. The van der Waals surface area contributed by atoms with Crippen LogP contribution in [-0.2, 0) is 10.0 Å². The number of hydrogen-bond acceptors (Lipinski definition) is 4. The highest BCUT2D eigenvalue weighted by Crippen LogP contribution is 2.21. The lowest BCUT2D eigenvalue weighted by Gasteiger charge is -2.31. The quantitative estimate of drug-likeness (QED) is 0.892. The molecule has 0 spiro atoms. The zero-order valence-corrected chi connectivity index (χ0v) is 13.1. The second-order valence-corrected chi connectivity index (χ2v) is 6.72. The molecule has 0 bridgehead atoms. The monoisotopic (exact) mass is 315 g/mol.